The standard InChI is InChI=1S/C13H16N4O/c1-2-9(1)11-7-17(5-6-18-11)13-10-3-4-14-12(10)15-8-16-13/h3-4,8-9,11H,1-2,5-7H2,(H,14,15,16). The normalized spacial score (nSPS) is 24.7. The van der Waals surface area contributed by atoms with Gasteiger partial charge in [0.25, 0.3) is 0 Å². The zero-order valence-electron chi connectivity index (χ0n) is 10.2. The number of ether oxygens (including phenoxy) is 1. The van der Waals surface area contributed by atoms with Crippen molar-refractivity contribution >= 4 is 16.9 Å². The van der Waals surface area contributed by atoms with Gasteiger partial charge in [0.15, 0.2) is 0 Å². The van der Waals surface area contributed by atoms with E-state index in [-0.39, 0.29) is 0 Å². The molecule has 0 spiro atoms. The topological polar surface area (TPSA) is 54.0 Å². The molecule has 1 unspecified atom stereocenters. The second-order valence-electron chi connectivity index (χ2n) is 5.13. The number of aromatic amines is 1. The molecule has 1 N–H and O–H groups in total. The first kappa shape index (κ1) is 10.3. The van der Waals surface area contributed by atoms with E-state index in [1.807, 2.05) is 12.3 Å². The van der Waals surface area contributed by atoms with Crippen LogP contribution in [-0.4, -0.2) is 40.8 Å². The molecule has 2 fully saturated rings. The van der Waals surface area contributed by atoms with Gasteiger partial charge in [-0.2, -0.15) is 0 Å². The number of hydrogen-bond donors (Lipinski definition) is 1. The molecule has 1 atom stereocenters. The lowest BCUT2D eigenvalue weighted by molar-refractivity contribution is 0.0262. The molecule has 2 aromatic rings. The number of morpholine rings is 1. The predicted octanol–water partition coefficient (Wildman–Crippen LogP) is 1.57. The average Bonchev–Trinajstić information content (AvgIpc) is 3.16. The Bertz CT molecular complexity index is 563. The molecule has 2 aromatic heterocycles. The lowest BCUT2D eigenvalue weighted by atomic mass is 10.2. The Kier molecular flexibility index (Phi) is 2.26. The first-order valence-electron chi connectivity index (χ1n) is 6.56. The molecule has 1 saturated carbocycles. The molecule has 94 valence electrons. The van der Waals surface area contributed by atoms with Gasteiger partial charge < -0.3 is 14.6 Å². The van der Waals surface area contributed by atoms with Crippen molar-refractivity contribution in [3.8, 4) is 0 Å². The molecule has 5 heteroatoms. The van der Waals surface area contributed by atoms with E-state index in [1.54, 1.807) is 6.33 Å². The van der Waals surface area contributed by atoms with Gasteiger partial charge in [-0.3, -0.25) is 0 Å². The van der Waals surface area contributed by atoms with Crippen LogP contribution in [0.3, 0.4) is 0 Å². The first-order valence-corrected chi connectivity index (χ1v) is 6.56. The summed E-state index contributed by atoms with van der Waals surface area (Å²) in [6.45, 7) is 2.68. The van der Waals surface area contributed by atoms with Gasteiger partial charge >= 0.3 is 0 Å². The van der Waals surface area contributed by atoms with Gasteiger partial charge in [0.2, 0.25) is 0 Å². The second-order valence-corrected chi connectivity index (χ2v) is 5.13. The van der Waals surface area contributed by atoms with Crippen LogP contribution in [0.4, 0.5) is 5.82 Å². The smallest absolute Gasteiger partial charge is 0.142 e. The van der Waals surface area contributed by atoms with Gasteiger partial charge in [0.05, 0.1) is 18.1 Å². The van der Waals surface area contributed by atoms with Crippen LogP contribution in [-0.2, 0) is 4.74 Å². The molecule has 5 nitrogen and oxygen atoms in total. The van der Waals surface area contributed by atoms with Gasteiger partial charge in [-0.05, 0) is 24.8 Å². The summed E-state index contributed by atoms with van der Waals surface area (Å²) in [5.41, 5.74) is 0.912. The Balaban J connectivity index is 1.66. The van der Waals surface area contributed by atoms with Gasteiger partial charge in [-0.1, -0.05) is 0 Å². The van der Waals surface area contributed by atoms with E-state index in [9.17, 15) is 0 Å². The third-order valence-corrected chi connectivity index (χ3v) is 3.87. The number of nitrogens with zero attached hydrogens (tertiary/aromatic N) is 3. The maximum atomic E-state index is 5.85. The van der Waals surface area contributed by atoms with Crippen molar-refractivity contribution in [3.63, 3.8) is 0 Å². The Morgan fingerprint density at radius 3 is 3.17 bits per heavy atom. The van der Waals surface area contributed by atoms with E-state index in [1.165, 1.54) is 12.8 Å². The Labute approximate surface area is 105 Å². The molecule has 0 aromatic carbocycles. The maximum absolute atomic E-state index is 5.85. The lowest BCUT2D eigenvalue weighted by Gasteiger charge is -2.34. The van der Waals surface area contributed by atoms with E-state index >= 15 is 0 Å². The van der Waals surface area contributed by atoms with Crippen LogP contribution in [0.5, 0.6) is 0 Å². The highest BCUT2D eigenvalue weighted by molar-refractivity contribution is 5.87. The van der Waals surface area contributed by atoms with Crippen LogP contribution < -0.4 is 4.90 Å². The molecule has 3 heterocycles. The summed E-state index contributed by atoms with van der Waals surface area (Å²) < 4.78 is 5.85. The van der Waals surface area contributed by atoms with Crippen molar-refractivity contribution < 1.29 is 4.74 Å². The van der Waals surface area contributed by atoms with Gasteiger partial charge in [0.1, 0.15) is 17.8 Å². The molecular formula is C13H16N4O. The molecular weight excluding hydrogens is 228 g/mol. The van der Waals surface area contributed by atoms with Crippen molar-refractivity contribution in [2.24, 2.45) is 5.92 Å². The van der Waals surface area contributed by atoms with Gasteiger partial charge in [0, 0.05) is 19.3 Å². The van der Waals surface area contributed by atoms with Crippen LogP contribution in [0.25, 0.3) is 11.0 Å². The van der Waals surface area contributed by atoms with Crippen LogP contribution in [0.2, 0.25) is 0 Å². The molecule has 1 saturated heterocycles. The molecule has 4 rings (SSSR count). The monoisotopic (exact) mass is 244 g/mol. The average molecular weight is 244 g/mol. The van der Waals surface area contributed by atoms with Crippen molar-refractivity contribution in [1.82, 2.24) is 15.0 Å². The Morgan fingerprint density at radius 1 is 1.33 bits per heavy atom. The molecule has 0 amide bonds. The summed E-state index contributed by atoms with van der Waals surface area (Å²) in [7, 11) is 0. The fourth-order valence-corrected chi connectivity index (χ4v) is 2.73. The van der Waals surface area contributed by atoms with E-state index in [2.05, 4.69) is 19.9 Å². The van der Waals surface area contributed by atoms with Crippen molar-refractivity contribution in [1.29, 1.82) is 0 Å². The summed E-state index contributed by atoms with van der Waals surface area (Å²) in [6, 6.07) is 2.05. The van der Waals surface area contributed by atoms with Crippen LogP contribution >= 0.6 is 0 Å². The molecule has 0 bridgehead atoms. The highest BCUT2D eigenvalue weighted by Crippen LogP contribution is 2.36. The minimum absolute atomic E-state index is 0.391. The molecule has 1 aliphatic carbocycles. The summed E-state index contributed by atoms with van der Waals surface area (Å²) in [5, 5.41) is 1.11. The number of rotatable bonds is 2. The summed E-state index contributed by atoms with van der Waals surface area (Å²) >= 11 is 0. The minimum Gasteiger partial charge on any atom is -0.374 e. The van der Waals surface area contributed by atoms with Gasteiger partial charge in [-0.15, -0.1) is 0 Å². The van der Waals surface area contributed by atoms with Crippen molar-refractivity contribution in [2.45, 2.75) is 18.9 Å². The highest BCUT2D eigenvalue weighted by Gasteiger charge is 2.35. The van der Waals surface area contributed by atoms with Crippen molar-refractivity contribution in [3.05, 3.63) is 18.6 Å². The zero-order valence-corrected chi connectivity index (χ0v) is 10.2. The summed E-state index contributed by atoms with van der Waals surface area (Å²) in [4.78, 5) is 14.2. The number of anilines is 1. The molecule has 0 radical (unpaired) electrons. The predicted molar refractivity (Wildman–Crippen MR) is 68.6 cm³/mol. The fraction of sp³-hybridized carbons (Fsp3) is 0.538. The number of fused-ring (bicyclic) bond motifs is 1. The molecule has 18 heavy (non-hydrogen) atoms. The lowest BCUT2D eigenvalue weighted by Crippen LogP contribution is -2.43. The van der Waals surface area contributed by atoms with E-state index < -0.39 is 0 Å². The highest BCUT2D eigenvalue weighted by atomic mass is 16.5. The Morgan fingerprint density at radius 2 is 2.28 bits per heavy atom. The van der Waals surface area contributed by atoms with Crippen LogP contribution in [0.15, 0.2) is 18.6 Å². The summed E-state index contributed by atoms with van der Waals surface area (Å²) in [5.74, 6) is 1.81. The number of hydrogen-bond acceptors (Lipinski definition) is 4. The molecule has 1 aliphatic heterocycles. The largest absolute Gasteiger partial charge is 0.374 e. The SMILES string of the molecule is c1nc(N2CCOC(C3CC3)C2)c2cc[nH]c2n1. The van der Waals surface area contributed by atoms with Crippen LogP contribution in [0, 0.1) is 5.92 Å². The van der Waals surface area contributed by atoms with Gasteiger partial charge in [-0.25, -0.2) is 9.97 Å². The number of H-pyrrole nitrogens is 1. The summed E-state index contributed by atoms with van der Waals surface area (Å²) in [6.07, 6.45) is 6.59. The third-order valence-electron chi connectivity index (χ3n) is 3.87. The third kappa shape index (κ3) is 1.66. The maximum Gasteiger partial charge on any atom is 0.142 e. The van der Waals surface area contributed by atoms with E-state index in [0.717, 1.165) is 42.5 Å². The van der Waals surface area contributed by atoms with Crippen LogP contribution in [0.1, 0.15) is 12.8 Å². The van der Waals surface area contributed by atoms with E-state index in [0.29, 0.717) is 6.10 Å². The Hall–Kier alpha value is -1.62. The molecule has 2 aliphatic rings. The number of aromatic nitrogens is 3. The minimum atomic E-state index is 0.391. The number of nitrogens with one attached hydrogen (secondary N) is 1. The quantitative estimate of drug-likeness (QED) is 0.871. The van der Waals surface area contributed by atoms with E-state index in [4.69, 9.17) is 4.74 Å². The fourth-order valence-electron chi connectivity index (χ4n) is 2.73. The first-order chi connectivity index (χ1) is 8.92. The second kappa shape index (κ2) is 3.95. The zero-order chi connectivity index (χ0) is 11.9. The van der Waals surface area contributed by atoms with Crippen molar-refractivity contribution in [2.75, 3.05) is 24.6 Å².